The predicted octanol–water partition coefficient (Wildman–Crippen LogP) is 6.62. The highest BCUT2D eigenvalue weighted by Gasteiger charge is 2.45. The van der Waals surface area contributed by atoms with Crippen molar-refractivity contribution in [1.29, 1.82) is 0 Å². The minimum absolute atomic E-state index is 0.0848. The molecule has 0 unspecified atom stereocenters. The van der Waals surface area contributed by atoms with Gasteiger partial charge in [0.25, 0.3) is 0 Å². The molecule has 1 N–H and O–H groups in total. The molecule has 15 heteroatoms. The molecule has 2 atom stereocenters. The van der Waals surface area contributed by atoms with E-state index in [2.05, 4.69) is 33.9 Å². The van der Waals surface area contributed by atoms with Crippen LogP contribution in [0.1, 0.15) is 89.5 Å². The lowest BCUT2D eigenvalue weighted by atomic mass is 10.2. The SMILES string of the molecule is CC(C)(C)OC(=O)CN(C[C@@H]1C[C@@H](O[Si](C)(C)C(C)(C)C)CN1C(=O)O)C(=O)OCOP(=O)(OC(C)(C)C)OC(C)(C)C. The van der Waals surface area contributed by atoms with Gasteiger partial charge in [-0.05, 0) is 86.9 Å². The second-order valence-corrected chi connectivity index (χ2v) is 21.6. The van der Waals surface area contributed by atoms with Gasteiger partial charge in [-0.15, -0.1) is 0 Å². The van der Waals surface area contributed by atoms with Gasteiger partial charge in [0.05, 0.1) is 23.3 Å². The average molecular weight is 655 g/mol. The molecule has 0 radical (unpaired) electrons. The number of amides is 2. The van der Waals surface area contributed by atoms with Gasteiger partial charge >= 0.3 is 26.0 Å². The van der Waals surface area contributed by atoms with Crippen LogP contribution in [0, 0.1) is 0 Å². The molecule has 1 rings (SSSR count). The Kier molecular flexibility index (Phi) is 12.9. The number of likely N-dealkylation sites (tertiary alicyclic amines) is 1. The fourth-order valence-corrected chi connectivity index (χ4v) is 6.95. The summed E-state index contributed by atoms with van der Waals surface area (Å²) in [7, 11) is -6.40. The Balaban J connectivity index is 3.16. The number of carboxylic acid groups (broad SMARTS) is 1. The van der Waals surface area contributed by atoms with E-state index in [0.717, 1.165) is 4.90 Å². The third-order valence-corrected chi connectivity index (χ3v) is 13.0. The van der Waals surface area contributed by atoms with Crippen molar-refractivity contribution in [2.75, 3.05) is 26.4 Å². The number of hydrogen-bond donors (Lipinski definition) is 1. The minimum atomic E-state index is -4.18. The Morgan fingerprint density at radius 3 is 1.84 bits per heavy atom. The van der Waals surface area contributed by atoms with E-state index in [1.807, 2.05) is 0 Å². The number of phosphoric ester groups is 1. The number of ether oxygens (including phenoxy) is 2. The highest BCUT2D eigenvalue weighted by Crippen LogP contribution is 2.55. The molecule has 0 aliphatic carbocycles. The number of esters is 1. The highest BCUT2D eigenvalue weighted by atomic mass is 31.2. The van der Waals surface area contributed by atoms with Crippen molar-refractivity contribution in [3.8, 4) is 0 Å². The number of phosphoric acid groups is 1. The Bertz CT molecular complexity index is 1010. The molecular formula is C28H55N2O11PSi. The van der Waals surface area contributed by atoms with Crippen molar-refractivity contribution in [3.05, 3.63) is 0 Å². The topological polar surface area (TPSA) is 150 Å². The summed E-state index contributed by atoms with van der Waals surface area (Å²) < 4.78 is 46.8. The lowest BCUT2D eigenvalue weighted by Crippen LogP contribution is -2.47. The fourth-order valence-electron chi connectivity index (χ4n) is 3.92. The molecule has 0 aromatic rings. The molecule has 0 spiro atoms. The van der Waals surface area contributed by atoms with E-state index in [1.165, 1.54) is 4.90 Å². The van der Waals surface area contributed by atoms with Crippen molar-refractivity contribution in [2.24, 2.45) is 0 Å². The molecule has 252 valence electrons. The Morgan fingerprint density at radius 2 is 1.42 bits per heavy atom. The third-order valence-electron chi connectivity index (χ3n) is 6.48. The third kappa shape index (κ3) is 14.3. The molecule has 0 aromatic carbocycles. The molecule has 13 nitrogen and oxygen atoms in total. The second kappa shape index (κ2) is 14.2. The molecule has 43 heavy (non-hydrogen) atoms. The van der Waals surface area contributed by atoms with Gasteiger partial charge in [-0.3, -0.25) is 18.7 Å². The summed E-state index contributed by atoms with van der Waals surface area (Å²) >= 11 is 0. The maximum atomic E-state index is 13.3. The standard InChI is InChI=1S/C28H55N2O11PSi/c1-25(2,3)38-22(31)18-29(24(34)36-19-37-42(35,40-26(4,5)6)41-27(7,8)9)16-20-15-21(17-30(20)23(32)33)39-43(13,14)28(10,11)12/h20-21H,15-19H2,1-14H3,(H,32,33)/t20-,21+/m0/s1. The maximum absolute atomic E-state index is 13.3. The summed E-state index contributed by atoms with van der Waals surface area (Å²) in [6.45, 7) is 24.2. The van der Waals surface area contributed by atoms with Crippen LogP contribution in [0.4, 0.5) is 9.59 Å². The number of hydrogen-bond acceptors (Lipinski definition) is 10. The first-order valence-corrected chi connectivity index (χ1v) is 18.9. The number of nitrogens with zero attached hydrogens (tertiary/aromatic N) is 2. The van der Waals surface area contributed by atoms with Crippen LogP contribution in [0.5, 0.6) is 0 Å². The van der Waals surface area contributed by atoms with E-state index < -0.39 is 70.5 Å². The summed E-state index contributed by atoms with van der Waals surface area (Å²) in [5.74, 6) is -0.711. The van der Waals surface area contributed by atoms with Crippen LogP contribution in [-0.4, -0.2) is 96.8 Å². The summed E-state index contributed by atoms with van der Waals surface area (Å²) in [4.78, 5) is 40.4. The summed E-state index contributed by atoms with van der Waals surface area (Å²) in [5.41, 5.74) is -2.63. The van der Waals surface area contributed by atoms with Crippen LogP contribution in [0.15, 0.2) is 0 Å². The van der Waals surface area contributed by atoms with Crippen LogP contribution < -0.4 is 0 Å². The number of carbonyl (C=O) groups is 3. The van der Waals surface area contributed by atoms with Crippen molar-refractivity contribution in [1.82, 2.24) is 9.80 Å². The smallest absolute Gasteiger partial charge is 0.465 e. The first-order valence-electron chi connectivity index (χ1n) is 14.5. The zero-order chi connectivity index (χ0) is 33.8. The van der Waals surface area contributed by atoms with Crippen molar-refractivity contribution < 1.29 is 51.5 Å². The second-order valence-electron chi connectivity index (χ2n) is 15.3. The zero-order valence-corrected chi connectivity index (χ0v) is 30.5. The first-order chi connectivity index (χ1) is 19.0. The molecule has 0 saturated carbocycles. The largest absolute Gasteiger partial charge is 0.478 e. The van der Waals surface area contributed by atoms with E-state index in [0.29, 0.717) is 6.42 Å². The molecule has 2 amide bonds. The van der Waals surface area contributed by atoms with Crippen LogP contribution in [0.3, 0.4) is 0 Å². The molecule has 1 aliphatic rings. The monoisotopic (exact) mass is 654 g/mol. The van der Waals surface area contributed by atoms with Gasteiger partial charge in [-0.2, -0.15) is 0 Å². The average Bonchev–Trinajstić information content (AvgIpc) is 3.09. The number of carbonyl (C=O) groups excluding carboxylic acids is 2. The van der Waals surface area contributed by atoms with Crippen LogP contribution in [-0.2, 0) is 36.8 Å². The van der Waals surface area contributed by atoms with Gasteiger partial charge in [0.15, 0.2) is 8.32 Å². The van der Waals surface area contributed by atoms with Crippen LogP contribution >= 0.6 is 7.82 Å². The van der Waals surface area contributed by atoms with E-state index in [1.54, 1.807) is 62.3 Å². The van der Waals surface area contributed by atoms with E-state index in [4.69, 9.17) is 27.5 Å². The van der Waals surface area contributed by atoms with E-state index in [-0.39, 0.29) is 24.2 Å². The zero-order valence-electron chi connectivity index (χ0n) is 28.6. The fraction of sp³-hybridized carbons (Fsp3) is 0.893. The van der Waals surface area contributed by atoms with Gasteiger partial charge < -0.3 is 23.9 Å². The maximum Gasteiger partial charge on any atom is 0.478 e. The van der Waals surface area contributed by atoms with Crippen molar-refractivity contribution >= 4 is 34.3 Å². The molecule has 0 bridgehead atoms. The van der Waals surface area contributed by atoms with Gasteiger partial charge in [0, 0.05) is 13.1 Å². The summed E-state index contributed by atoms with van der Waals surface area (Å²) in [5, 5.41) is 9.85. The van der Waals surface area contributed by atoms with E-state index in [9.17, 15) is 24.1 Å². The molecular weight excluding hydrogens is 599 g/mol. The minimum Gasteiger partial charge on any atom is -0.465 e. The van der Waals surface area contributed by atoms with Crippen molar-refractivity contribution in [3.63, 3.8) is 0 Å². The quantitative estimate of drug-likeness (QED) is 0.111. The van der Waals surface area contributed by atoms with Gasteiger partial charge in [-0.25, -0.2) is 18.7 Å². The Morgan fingerprint density at radius 1 is 0.907 bits per heavy atom. The lowest BCUT2D eigenvalue weighted by Gasteiger charge is -2.38. The van der Waals surface area contributed by atoms with Crippen molar-refractivity contribution in [2.45, 2.75) is 137 Å². The number of rotatable bonds is 11. The summed E-state index contributed by atoms with van der Waals surface area (Å²) in [6, 6.07) is -0.678. The first kappa shape index (κ1) is 39.3. The van der Waals surface area contributed by atoms with Crippen LogP contribution in [0.25, 0.3) is 0 Å². The lowest BCUT2D eigenvalue weighted by molar-refractivity contribution is -0.156. The van der Waals surface area contributed by atoms with Gasteiger partial charge in [0.2, 0.25) is 6.79 Å². The van der Waals surface area contributed by atoms with Gasteiger partial charge in [-0.1, -0.05) is 20.8 Å². The van der Waals surface area contributed by atoms with Crippen LogP contribution in [0.2, 0.25) is 18.1 Å². The molecule has 1 saturated heterocycles. The Hall–Kier alpha value is -1.70. The van der Waals surface area contributed by atoms with Gasteiger partial charge in [0.1, 0.15) is 12.1 Å². The highest BCUT2D eigenvalue weighted by molar-refractivity contribution is 7.48. The molecule has 1 heterocycles. The molecule has 1 aliphatic heterocycles. The molecule has 0 aromatic heterocycles. The normalized spacial score (nSPS) is 18.9. The summed E-state index contributed by atoms with van der Waals surface area (Å²) in [6.07, 6.45) is -2.22. The predicted molar refractivity (Wildman–Crippen MR) is 164 cm³/mol. The van der Waals surface area contributed by atoms with E-state index >= 15 is 0 Å². The molecule has 1 fully saturated rings. The Labute approximate surface area is 258 Å².